The molecule has 0 aliphatic carbocycles. The first-order valence-electron chi connectivity index (χ1n) is 11.5. The average molecular weight is 434 g/mol. The minimum Gasteiger partial charge on any atom is -0.379 e. The Bertz CT molecular complexity index is 1120. The molecule has 2 N–H and O–H groups in total. The quantitative estimate of drug-likeness (QED) is 0.649. The van der Waals surface area contributed by atoms with Crippen molar-refractivity contribution < 1.29 is 9.53 Å². The van der Waals surface area contributed by atoms with E-state index in [1.165, 1.54) is 18.4 Å². The standard InChI is InChI=1S/C25H31N5O2/c1-17-18(2)27-22-7-6-19(15-21(17)22)28-25(31)23-16-20(8-9-26-23)30-10-4-3-5-24(30)29-11-13-32-14-12-29/h6-9,15-16,24,27H,3-5,10-14H2,1-2H3,(H,28,31). The molecule has 32 heavy (non-hydrogen) atoms. The highest BCUT2D eigenvalue weighted by Crippen LogP contribution is 2.28. The lowest BCUT2D eigenvalue weighted by atomic mass is 10.0. The number of benzene rings is 1. The third-order valence-corrected chi connectivity index (χ3v) is 6.81. The van der Waals surface area contributed by atoms with Crippen LogP contribution in [0.15, 0.2) is 36.5 Å². The highest BCUT2D eigenvalue weighted by molar-refractivity contribution is 6.04. The van der Waals surface area contributed by atoms with Gasteiger partial charge in [0.05, 0.1) is 19.4 Å². The Labute approximate surface area is 188 Å². The Morgan fingerprint density at radius 1 is 1.12 bits per heavy atom. The van der Waals surface area contributed by atoms with Crippen LogP contribution in [-0.4, -0.2) is 59.8 Å². The number of piperidine rings is 1. The van der Waals surface area contributed by atoms with E-state index in [1.807, 2.05) is 30.3 Å². The van der Waals surface area contributed by atoms with Crippen LogP contribution in [0.5, 0.6) is 0 Å². The first-order valence-corrected chi connectivity index (χ1v) is 11.5. The number of hydrogen-bond acceptors (Lipinski definition) is 5. The van der Waals surface area contributed by atoms with Gasteiger partial charge < -0.3 is 19.9 Å². The summed E-state index contributed by atoms with van der Waals surface area (Å²) in [6.07, 6.45) is 5.64. The lowest BCUT2D eigenvalue weighted by Gasteiger charge is -2.45. The molecular weight excluding hydrogens is 402 g/mol. The first kappa shape index (κ1) is 21.0. The number of carbonyl (C=O) groups excluding carboxylic acids is 1. The minimum absolute atomic E-state index is 0.184. The number of nitrogens with one attached hydrogen (secondary N) is 2. The van der Waals surface area contributed by atoms with Gasteiger partial charge in [-0.2, -0.15) is 0 Å². The zero-order chi connectivity index (χ0) is 22.1. The number of hydrogen-bond donors (Lipinski definition) is 2. The summed E-state index contributed by atoms with van der Waals surface area (Å²) in [7, 11) is 0. The molecule has 2 aliphatic rings. The number of anilines is 2. The van der Waals surface area contributed by atoms with Gasteiger partial charge in [0.25, 0.3) is 5.91 Å². The number of aromatic amines is 1. The molecule has 7 heteroatoms. The number of aromatic nitrogens is 2. The first-order chi connectivity index (χ1) is 15.6. The molecule has 0 bridgehead atoms. The van der Waals surface area contributed by atoms with E-state index in [0.29, 0.717) is 11.9 Å². The fourth-order valence-corrected chi connectivity index (χ4v) is 4.93. The molecular formula is C25H31N5O2. The molecule has 5 rings (SSSR count). The number of H-pyrrole nitrogens is 1. The van der Waals surface area contributed by atoms with Crippen LogP contribution < -0.4 is 10.2 Å². The van der Waals surface area contributed by atoms with Crippen LogP contribution in [0, 0.1) is 13.8 Å². The molecule has 2 saturated heterocycles. The summed E-state index contributed by atoms with van der Waals surface area (Å²) in [5.74, 6) is -0.184. The van der Waals surface area contributed by atoms with Gasteiger partial charge >= 0.3 is 0 Å². The molecule has 2 aliphatic heterocycles. The molecule has 0 spiro atoms. The monoisotopic (exact) mass is 433 g/mol. The van der Waals surface area contributed by atoms with Crippen molar-refractivity contribution >= 4 is 28.2 Å². The molecule has 7 nitrogen and oxygen atoms in total. The van der Waals surface area contributed by atoms with Crippen LogP contribution in [0.3, 0.4) is 0 Å². The third kappa shape index (κ3) is 4.10. The summed E-state index contributed by atoms with van der Waals surface area (Å²) in [4.78, 5) is 25.7. The van der Waals surface area contributed by atoms with Crippen molar-refractivity contribution in [2.24, 2.45) is 0 Å². The van der Waals surface area contributed by atoms with Gasteiger partial charge in [0.1, 0.15) is 5.69 Å². The Balaban J connectivity index is 1.36. The SMILES string of the molecule is Cc1[nH]c2ccc(NC(=O)c3cc(N4CCCCC4N4CCOCC4)ccn3)cc2c1C. The topological polar surface area (TPSA) is 73.5 Å². The summed E-state index contributed by atoms with van der Waals surface area (Å²) >= 11 is 0. The zero-order valence-electron chi connectivity index (χ0n) is 18.9. The van der Waals surface area contributed by atoms with E-state index < -0.39 is 0 Å². The number of amides is 1. The van der Waals surface area contributed by atoms with Gasteiger partial charge in [-0.25, -0.2) is 0 Å². The van der Waals surface area contributed by atoms with Gasteiger partial charge in [-0.1, -0.05) is 0 Å². The van der Waals surface area contributed by atoms with Gasteiger partial charge in [-0.3, -0.25) is 14.7 Å². The Kier molecular flexibility index (Phi) is 5.85. The molecule has 0 saturated carbocycles. The Morgan fingerprint density at radius 2 is 1.97 bits per heavy atom. The molecule has 0 radical (unpaired) electrons. The number of morpholine rings is 1. The van der Waals surface area contributed by atoms with Crippen LogP contribution in [0.4, 0.5) is 11.4 Å². The molecule has 1 unspecified atom stereocenters. The van der Waals surface area contributed by atoms with E-state index in [-0.39, 0.29) is 5.91 Å². The van der Waals surface area contributed by atoms with Crippen molar-refractivity contribution in [3.8, 4) is 0 Å². The summed E-state index contributed by atoms with van der Waals surface area (Å²) in [6, 6.07) is 9.91. The molecule has 168 valence electrons. The maximum atomic E-state index is 13.0. The van der Waals surface area contributed by atoms with Crippen LogP contribution in [0.1, 0.15) is 41.0 Å². The zero-order valence-corrected chi connectivity index (χ0v) is 18.9. The summed E-state index contributed by atoms with van der Waals surface area (Å²) in [6.45, 7) is 8.65. The summed E-state index contributed by atoms with van der Waals surface area (Å²) in [5, 5.41) is 4.16. The van der Waals surface area contributed by atoms with Crippen molar-refractivity contribution in [3.63, 3.8) is 0 Å². The van der Waals surface area contributed by atoms with Crippen molar-refractivity contribution in [2.75, 3.05) is 43.1 Å². The number of ether oxygens (including phenoxy) is 1. The van der Waals surface area contributed by atoms with Gasteiger partial charge in [0.2, 0.25) is 0 Å². The second kappa shape index (κ2) is 8.92. The molecule has 1 amide bonds. The number of nitrogens with zero attached hydrogens (tertiary/aromatic N) is 3. The van der Waals surface area contributed by atoms with Gasteiger partial charge in [-0.05, 0) is 69.0 Å². The normalized spacial score (nSPS) is 19.9. The predicted octanol–water partition coefficient (Wildman–Crippen LogP) is 4.08. The van der Waals surface area contributed by atoms with E-state index in [0.717, 1.165) is 67.2 Å². The second-order valence-corrected chi connectivity index (χ2v) is 8.81. The van der Waals surface area contributed by atoms with Crippen molar-refractivity contribution in [1.82, 2.24) is 14.9 Å². The largest absolute Gasteiger partial charge is 0.379 e. The molecule has 3 aromatic rings. The molecule has 2 fully saturated rings. The highest BCUT2D eigenvalue weighted by Gasteiger charge is 2.29. The van der Waals surface area contributed by atoms with Crippen LogP contribution in [0.2, 0.25) is 0 Å². The van der Waals surface area contributed by atoms with Crippen LogP contribution in [-0.2, 0) is 4.74 Å². The Hall–Kier alpha value is -2.90. The minimum atomic E-state index is -0.184. The Morgan fingerprint density at radius 3 is 2.81 bits per heavy atom. The van der Waals surface area contributed by atoms with E-state index in [4.69, 9.17) is 4.74 Å². The number of fused-ring (bicyclic) bond motifs is 1. The molecule has 4 heterocycles. The maximum absolute atomic E-state index is 13.0. The molecule has 1 aromatic carbocycles. The number of carbonyl (C=O) groups is 1. The predicted molar refractivity (Wildman–Crippen MR) is 127 cm³/mol. The van der Waals surface area contributed by atoms with Crippen molar-refractivity contribution in [2.45, 2.75) is 39.3 Å². The smallest absolute Gasteiger partial charge is 0.274 e. The third-order valence-electron chi connectivity index (χ3n) is 6.81. The number of pyridine rings is 1. The van der Waals surface area contributed by atoms with E-state index in [1.54, 1.807) is 6.20 Å². The fraction of sp³-hybridized carbons (Fsp3) is 0.440. The number of rotatable bonds is 4. The lowest BCUT2D eigenvalue weighted by molar-refractivity contribution is 0.0107. The molecule has 2 aromatic heterocycles. The highest BCUT2D eigenvalue weighted by atomic mass is 16.5. The number of aryl methyl sites for hydroxylation is 2. The van der Waals surface area contributed by atoms with Gasteiger partial charge in [-0.15, -0.1) is 0 Å². The van der Waals surface area contributed by atoms with E-state index >= 15 is 0 Å². The van der Waals surface area contributed by atoms with Crippen molar-refractivity contribution in [3.05, 3.63) is 53.5 Å². The van der Waals surface area contributed by atoms with Gasteiger partial charge in [0, 0.05) is 53.8 Å². The van der Waals surface area contributed by atoms with Gasteiger partial charge in [0.15, 0.2) is 0 Å². The maximum Gasteiger partial charge on any atom is 0.274 e. The average Bonchev–Trinajstić information content (AvgIpc) is 3.13. The lowest BCUT2D eigenvalue weighted by Crippen LogP contribution is -2.54. The van der Waals surface area contributed by atoms with Crippen LogP contribution in [0.25, 0.3) is 10.9 Å². The van der Waals surface area contributed by atoms with Crippen LogP contribution >= 0.6 is 0 Å². The fourth-order valence-electron chi connectivity index (χ4n) is 4.93. The van der Waals surface area contributed by atoms with Crippen molar-refractivity contribution in [1.29, 1.82) is 0 Å². The van der Waals surface area contributed by atoms with E-state index in [2.05, 4.69) is 38.9 Å². The second-order valence-electron chi connectivity index (χ2n) is 8.81. The summed E-state index contributed by atoms with van der Waals surface area (Å²) < 4.78 is 5.55. The molecule has 1 atom stereocenters. The van der Waals surface area contributed by atoms with E-state index in [9.17, 15) is 4.79 Å². The summed E-state index contributed by atoms with van der Waals surface area (Å²) in [5.41, 5.74) is 5.72.